The molecule has 1 aromatic heterocycles. The average molecular weight is 280 g/mol. The lowest BCUT2D eigenvalue weighted by Gasteiger charge is -2.33. The van der Waals surface area contributed by atoms with Crippen molar-refractivity contribution in [3.8, 4) is 0 Å². The first-order valence-corrected chi connectivity index (χ1v) is 6.65. The third-order valence-electron chi connectivity index (χ3n) is 3.71. The van der Waals surface area contributed by atoms with Gasteiger partial charge in [-0.1, -0.05) is 0 Å². The van der Waals surface area contributed by atoms with Gasteiger partial charge >= 0.3 is 5.97 Å². The molecule has 110 valence electrons. The van der Waals surface area contributed by atoms with Crippen LogP contribution in [0.3, 0.4) is 0 Å². The lowest BCUT2D eigenvalue weighted by molar-refractivity contribution is -0.147. The van der Waals surface area contributed by atoms with E-state index in [0.717, 1.165) is 12.8 Å². The maximum atomic E-state index is 12.7. The highest BCUT2D eigenvalue weighted by molar-refractivity contribution is 6.00. The molecule has 1 amide bonds. The Labute approximate surface area is 117 Å². The highest BCUT2D eigenvalue weighted by Gasteiger charge is 2.35. The molecule has 2 N–H and O–H groups in total. The molecule has 2 heterocycles. The Balaban J connectivity index is 2.32. The molecule has 0 radical (unpaired) electrons. The Morgan fingerprint density at radius 1 is 1.40 bits per heavy atom. The number of aromatic nitrogens is 2. The lowest BCUT2D eigenvalue weighted by Crippen LogP contribution is -2.49. The Kier molecular flexibility index (Phi) is 3.96. The number of anilines is 1. The third-order valence-corrected chi connectivity index (χ3v) is 3.71. The maximum absolute atomic E-state index is 12.7. The second-order valence-electron chi connectivity index (χ2n) is 5.00. The Bertz CT molecular complexity index is 538. The van der Waals surface area contributed by atoms with Crippen LogP contribution in [0.2, 0.25) is 0 Å². The van der Waals surface area contributed by atoms with Crippen LogP contribution in [0, 0.1) is 6.92 Å². The van der Waals surface area contributed by atoms with Crippen LogP contribution in [0.5, 0.6) is 0 Å². The van der Waals surface area contributed by atoms with Gasteiger partial charge in [-0.3, -0.25) is 9.48 Å². The molecule has 1 fully saturated rings. The molecular weight excluding hydrogens is 260 g/mol. The van der Waals surface area contributed by atoms with Gasteiger partial charge in [0.25, 0.3) is 5.91 Å². The fourth-order valence-electron chi connectivity index (χ4n) is 2.62. The number of carbonyl (C=O) groups excluding carboxylic acids is 2. The standard InChI is InChI=1S/C13H20N4O3/c1-8-10(14)11(16(2)15-8)12(18)17-7-5-4-6-9(17)13(19)20-3/h9H,4-7,14H2,1-3H3. The Hall–Kier alpha value is -2.05. The summed E-state index contributed by atoms with van der Waals surface area (Å²) >= 11 is 0. The fourth-order valence-corrected chi connectivity index (χ4v) is 2.62. The van der Waals surface area contributed by atoms with Crippen molar-refractivity contribution in [2.45, 2.75) is 32.2 Å². The number of amides is 1. The summed E-state index contributed by atoms with van der Waals surface area (Å²) in [5, 5.41) is 4.14. The van der Waals surface area contributed by atoms with Crippen molar-refractivity contribution in [2.75, 3.05) is 19.4 Å². The minimum atomic E-state index is -0.532. The highest BCUT2D eigenvalue weighted by Crippen LogP contribution is 2.24. The Morgan fingerprint density at radius 3 is 2.65 bits per heavy atom. The van der Waals surface area contributed by atoms with Crippen LogP contribution in [0.15, 0.2) is 0 Å². The molecule has 7 heteroatoms. The van der Waals surface area contributed by atoms with Crippen LogP contribution in [0.25, 0.3) is 0 Å². The highest BCUT2D eigenvalue weighted by atomic mass is 16.5. The first-order chi connectivity index (χ1) is 9.47. The number of methoxy groups -OCH3 is 1. The molecule has 20 heavy (non-hydrogen) atoms. The molecule has 0 aliphatic carbocycles. The number of rotatable bonds is 2. The summed E-state index contributed by atoms with van der Waals surface area (Å²) in [5.74, 6) is -0.642. The number of nitrogens with zero attached hydrogens (tertiary/aromatic N) is 3. The van der Waals surface area contributed by atoms with Gasteiger partial charge in [0, 0.05) is 13.6 Å². The quantitative estimate of drug-likeness (QED) is 0.796. The summed E-state index contributed by atoms with van der Waals surface area (Å²) in [4.78, 5) is 26.0. The normalized spacial score (nSPS) is 18.9. The molecule has 0 spiro atoms. The fraction of sp³-hybridized carbons (Fsp3) is 0.615. The SMILES string of the molecule is COC(=O)C1CCCCN1C(=O)c1c(N)c(C)nn1C. The van der Waals surface area contributed by atoms with Crippen LogP contribution in [0.1, 0.15) is 35.4 Å². The van der Waals surface area contributed by atoms with Crippen LogP contribution in [-0.4, -0.2) is 46.3 Å². The van der Waals surface area contributed by atoms with E-state index < -0.39 is 6.04 Å². The van der Waals surface area contributed by atoms with E-state index in [1.165, 1.54) is 11.8 Å². The van der Waals surface area contributed by atoms with Crippen LogP contribution < -0.4 is 5.73 Å². The van der Waals surface area contributed by atoms with E-state index in [-0.39, 0.29) is 11.9 Å². The average Bonchev–Trinajstić information content (AvgIpc) is 2.70. The van der Waals surface area contributed by atoms with Crippen molar-refractivity contribution < 1.29 is 14.3 Å². The molecule has 7 nitrogen and oxygen atoms in total. The van der Waals surface area contributed by atoms with Gasteiger partial charge in [-0.25, -0.2) is 4.79 Å². The van der Waals surface area contributed by atoms with Gasteiger partial charge in [0.15, 0.2) is 0 Å². The summed E-state index contributed by atoms with van der Waals surface area (Å²) in [7, 11) is 3.01. The van der Waals surface area contributed by atoms with Crippen molar-refractivity contribution in [3.05, 3.63) is 11.4 Å². The molecule has 1 aromatic rings. The van der Waals surface area contributed by atoms with E-state index in [1.54, 1.807) is 18.9 Å². The summed E-state index contributed by atoms with van der Waals surface area (Å²) in [5.41, 5.74) is 7.23. The van der Waals surface area contributed by atoms with Crippen LogP contribution in [-0.2, 0) is 16.6 Å². The molecule has 0 aromatic carbocycles. The predicted molar refractivity (Wildman–Crippen MR) is 73.0 cm³/mol. The molecule has 1 saturated heterocycles. The van der Waals surface area contributed by atoms with Crippen LogP contribution in [0.4, 0.5) is 5.69 Å². The number of likely N-dealkylation sites (tertiary alicyclic amines) is 1. The second-order valence-corrected chi connectivity index (χ2v) is 5.00. The smallest absolute Gasteiger partial charge is 0.328 e. The molecule has 1 aliphatic rings. The van der Waals surface area contributed by atoms with Gasteiger partial charge in [-0.05, 0) is 26.2 Å². The van der Waals surface area contributed by atoms with Crippen LogP contribution >= 0.6 is 0 Å². The largest absolute Gasteiger partial charge is 0.467 e. The number of nitrogens with two attached hydrogens (primary N) is 1. The molecular formula is C13H20N4O3. The number of hydrogen-bond donors (Lipinski definition) is 1. The number of ether oxygens (including phenoxy) is 1. The predicted octanol–water partition coefficient (Wildman–Crippen LogP) is 0.478. The molecule has 2 rings (SSSR count). The van der Waals surface area contributed by atoms with Crippen molar-refractivity contribution in [3.63, 3.8) is 0 Å². The zero-order chi connectivity index (χ0) is 14.9. The topological polar surface area (TPSA) is 90.4 Å². The monoisotopic (exact) mass is 280 g/mol. The van der Waals surface area contributed by atoms with Gasteiger partial charge < -0.3 is 15.4 Å². The van der Waals surface area contributed by atoms with Crippen molar-refractivity contribution >= 4 is 17.6 Å². The molecule has 0 bridgehead atoms. The number of piperidine rings is 1. The second kappa shape index (κ2) is 5.52. The lowest BCUT2D eigenvalue weighted by atomic mass is 10.0. The minimum Gasteiger partial charge on any atom is -0.467 e. The van der Waals surface area contributed by atoms with E-state index >= 15 is 0 Å². The van der Waals surface area contributed by atoms with E-state index in [0.29, 0.717) is 30.0 Å². The van der Waals surface area contributed by atoms with E-state index in [4.69, 9.17) is 10.5 Å². The molecule has 1 unspecified atom stereocenters. The summed E-state index contributed by atoms with van der Waals surface area (Å²) in [6, 6.07) is -0.532. The molecule has 1 atom stereocenters. The molecule has 1 aliphatic heterocycles. The number of carbonyl (C=O) groups is 2. The number of aryl methyl sites for hydroxylation is 2. The zero-order valence-electron chi connectivity index (χ0n) is 12.0. The van der Waals surface area contributed by atoms with E-state index in [9.17, 15) is 9.59 Å². The van der Waals surface area contributed by atoms with Gasteiger partial charge in [0.05, 0.1) is 18.5 Å². The summed E-state index contributed by atoms with van der Waals surface area (Å²) in [6.07, 6.45) is 2.40. The van der Waals surface area contributed by atoms with Gasteiger partial charge in [0.1, 0.15) is 11.7 Å². The van der Waals surface area contributed by atoms with Crippen molar-refractivity contribution in [2.24, 2.45) is 7.05 Å². The van der Waals surface area contributed by atoms with E-state index in [2.05, 4.69) is 5.10 Å². The van der Waals surface area contributed by atoms with Crippen molar-refractivity contribution in [1.29, 1.82) is 0 Å². The maximum Gasteiger partial charge on any atom is 0.328 e. The first-order valence-electron chi connectivity index (χ1n) is 6.65. The van der Waals surface area contributed by atoms with Gasteiger partial charge in [-0.15, -0.1) is 0 Å². The summed E-state index contributed by atoms with van der Waals surface area (Å²) < 4.78 is 6.25. The van der Waals surface area contributed by atoms with Gasteiger partial charge in [0.2, 0.25) is 0 Å². The zero-order valence-corrected chi connectivity index (χ0v) is 12.0. The number of nitrogen functional groups attached to an aromatic ring is 1. The van der Waals surface area contributed by atoms with E-state index in [1.807, 2.05) is 0 Å². The summed E-state index contributed by atoms with van der Waals surface area (Å²) in [6.45, 7) is 2.28. The molecule has 0 saturated carbocycles. The van der Waals surface area contributed by atoms with Crippen molar-refractivity contribution in [1.82, 2.24) is 14.7 Å². The number of hydrogen-bond acceptors (Lipinski definition) is 5. The third kappa shape index (κ3) is 2.35. The van der Waals surface area contributed by atoms with Gasteiger partial charge in [-0.2, -0.15) is 5.10 Å². The number of esters is 1. The Morgan fingerprint density at radius 2 is 2.10 bits per heavy atom. The first kappa shape index (κ1) is 14.4. The minimum absolute atomic E-state index is 0.263.